The van der Waals surface area contributed by atoms with Crippen molar-refractivity contribution in [2.24, 2.45) is 0 Å². The van der Waals surface area contributed by atoms with Crippen molar-refractivity contribution >= 4 is 69.9 Å². The molecule has 262 valence electrons. The monoisotopic (exact) mass is 731 g/mol. The molecule has 4 nitrogen and oxygen atoms in total. The van der Waals surface area contributed by atoms with Gasteiger partial charge in [0.2, 0.25) is 5.78 Å². The van der Waals surface area contributed by atoms with Crippen molar-refractivity contribution in [3.05, 3.63) is 181 Å². The first-order valence-electron chi connectivity index (χ1n) is 18.8. The molecule has 7 aromatic carbocycles. The van der Waals surface area contributed by atoms with Gasteiger partial charge < -0.3 is 4.74 Å². The number of imidazole rings is 2. The van der Waals surface area contributed by atoms with Crippen molar-refractivity contribution in [1.29, 1.82) is 0 Å². The van der Waals surface area contributed by atoms with E-state index in [2.05, 4.69) is 212 Å². The summed E-state index contributed by atoms with van der Waals surface area (Å²) in [4.78, 5) is 5.24. The molecule has 0 unspecified atom stereocenters. The number of aromatic nitrogens is 3. The van der Waals surface area contributed by atoms with Crippen LogP contribution in [0.15, 0.2) is 176 Å². The van der Waals surface area contributed by atoms with Crippen LogP contribution in [-0.4, -0.2) is 30.1 Å². The van der Waals surface area contributed by atoms with E-state index in [9.17, 15) is 0 Å². The third-order valence-corrected chi connectivity index (χ3v) is 22.4. The number of para-hydroxylation sites is 6. The van der Waals surface area contributed by atoms with Crippen molar-refractivity contribution in [2.75, 3.05) is 0 Å². The van der Waals surface area contributed by atoms with E-state index in [1.165, 1.54) is 31.5 Å². The Morgan fingerprint density at radius 2 is 1.17 bits per heavy atom. The van der Waals surface area contributed by atoms with Gasteiger partial charge in [-0.15, -0.1) is 0 Å². The summed E-state index contributed by atoms with van der Waals surface area (Å²) in [6, 6.07) is 64.5. The maximum atomic E-state index is 7.38. The maximum absolute atomic E-state index is 7.38. The van der Waals surface area contributed by atoms with Crippen molar-refractivity contribution < 1.29 is 4.74 Å². The molecular weight excluding hydrogens is 691 g/mol. The summed E-state index contributed by atoms with van der Waals surface area (Å²) in [5, 5.41) is 6.50. The van der Waals surface area contributed by atoms with E-state index in [-0.39, 0.29) is 5.04 Å². The molecule has 0 aliphatic carbocycles. The third-order valence-electron chi connectivity index (χ3n) is 12.5. The summed E-state index contributed by atoms with van der Waals surface area (Å²) in [5.74, 6) is 2.90. The second kappa shape index (κ2) is 12.0. The van der Waals surface area contributed by atoms with E-state index >= 15 is 0 Å². The lowest BCUT2D eigenvalue weighted by atomic mass is 10.0. The molecule has 0 saturated heterocycles. The second-order valence-corrected chi connectivity index (χ2v) is 24.4. The van der Waals surface area contributed by atoms with Gasteiger partial charge in [-0.1, -0.05) is 160 Å². The van der Waals surface area contributed by atoms with Crippen molar-refractivity contribution in [3.8, 4) is 17.2 Å². The average Bonchev–Trinajstić information content (AvgIpc) is 3.72. The Hall–Kier alpha value is -5.96. The number of benzene rings is 7. The lowest BCUT2D eigenvalue weighted by Crippen LogP contribution is -2.75. The Bertz CT molecular complexity index is 2830. The molecule has 9 aromatic rings. The summed E-state index contributed by atoms with van der Waals surface area (Å²) >= 11 is 0. The van der Waals surface area contributed by atoms with E-state index in [4.69, 9.17) is 9.72 Å². The quantitative estimate of drug-likeness (QED) is 0.132. The van der Waals surface area contributed by atoms with Crippen molar-refractivity contribution in [1.82, 2.24) is 14.0 Å². The van der Waals surface area contributed by atoms with Gasteiger partial charge in [-0.05, 0) is 79.0 Å². The highest BCUT2D eigenvalue weighted by molar-refractivity contribution is 7.20. The second-order valence-electron chi connectivity index (χ2n) is 15.6. The standard InChI is InChI=1S/C48H41N3OSi2/c1-48(2)38-25-11-16-30-43(38)52-46-44(53(48,3)4)31-18-32-45(46)54(35-20-7-5-8-21-35,36-22-9-6-10-23-36)37-24-17-19-34(33-37)50-41-28-14-15-29-42(41)51-40-27-13-12-26-39(40)49-47(50)51/h5-33H,1-4H3. The fourth-order valence-electron chi connectivity index (χ4n) is 9.12. The van der Waals surface area contributed by atoms with Gasteiger partial charge in [-0.3, -0.25) is 8.97 Å². The first kappa shape index (κ1) is 32.7. The van der Waals surface area contributed by atoms with Crippen LogP contribution < -0.4 is 30.7 Å². The molecule has 0 atom stereocenters. The van der Waals surface area contributed by atoms with E-state index in [0.717, 1.165) is 45.0 Å². The van der Waals surface area contributed by atoms with Crippen LogP contribution >= 0.6 is 0 Å². The van der Waals surface area contributed by atoms with Crippen LogP contribution in [0.5, 0.6) is 11.5 Å². The molecule has 0 saturated carbocycles. The van der Waals surface area contributed by atoms with Crippen LogP contribution in [0.4, 0.5) is 0 Å². The predicted octanol–water partition coefficient (Wildman–Crippen LogP) is 8.35. The Balaban J connectivity index is 1.32. The minimum absolute atomic E-state index is 0.0638. The van der Waals surface area contributed by atoms with E-state index in [0.29, 0.717) is 0 Å². The highest BCUT2D eigenvalue weighted by Crippen LogP contribution is 2.44. The van der Waals surface area contributed by atoms with Crippen LogP contribution in [0, 0.1) is 0 Å². The molecule has 1 aliphatic rings. The highest BCUT2D eigenvalue weighted by Gasteiger charge is 2.50. The van der Waals surface area contributed by atoms with Gasteiger partial charge in [0.25, 0.3) is 0 Å². The molecule has 0 amide bonds. The zero-order chi connectivity index (χ0) is 36.7. The predicted molar refractivity (Wildman–Crippen MR) is 230 cm³/mol. The highest BCUT2D eigenvalue weighted by atomic mass is 28.3. The fraction of sp³-hybridized carbons (Fsp3) is 0.104. The number of rotatable bonds is 5. The zero-order valence-electron chi connectivity index (χ0n) is 31.0. The molecule has 6 heteroatoms. The van der Waals surface area contributed by atoms with Gasteiger partial charge in [0.05, 0.1) is 30.1 Å². The van der Waals surface area contributed by atoms with Gasteiger partial charge in [0.1, 0.15) is 11.5 Å². The summed E-state index contributed by atoms with van der Waals surface area (Å²) in [6.45, 7) is 9.89. The van der Waals surface area contributed by atoms with E-state index in [1.54, 1.807) is 0 Å². The topological polar surface area (TPSA) is 31.5 Å². The van der Waals surface area contributed by atoms with Gasteiger partial charge in [0, 0.05) is 5.69 Å². The van der Waals surface area contributed by atoms with Crippen LogP contribution in [-0.2, 0) is 5.04 Å². The molecular formula is C48H41N3OSi2. The summed E-state index contributed by atoms with van der Waals surface area (Å²) in [7, 11) is -5.29. The third kappa shape index (κ3) is 4.50. The van der Waals surface area contributed by atoms with Gasteiger partial charge in [0.15, 0.2) is 8.07 Å². The minimum Gasteiger partial charge on any atom is -0.457 e. The Kier molecular flexibility index (Phi) is 7.28. The number of ether oxygens (including phenoxy) is 1. The minimum atomic E-state index is -3.09. The summed E-state index contributed by atoms with van der Waals surface area (Å²) in [5.41, 5.74) is 6.72. The maximum Gasteiger partial charge on any atom is 0.220 e. The molecule has 0 spiro atoms. The zero-order valence-corrected chi connectivity index (χ0v) is 33.0. The van der Waals surface area contributed by atoms with Crippen LogP contribution in [0.2, 0.25) is 13.1 Å². The molecule has 0 bridgehead atoms. The lowest BCUT2D eigenvalue weighted by molar-refractivity contribution is 0.480. The van der Waals surface area contributed by atoms with Crippen molar-refractivity contribution in [3.63, 3.8) is 0 Å². The Morgan fingerprint density at radius 1 is 0.574 bits per heavy atom. The van der Waals surface area contributed by atoms with Crippen LogP contribution in [0.3, 0.4) is 0 Å². The Morgan fingerprint density at radius 3 is 1.91 bits per heavy atom. The van der Waals surface area contributed by atoms with E-state index < -0.39 is 16.1 Å². The van der Waals surface area contributed by atoms with Crippen LogP contribution in [0.1, 0.15) is 19.4 Å². The number of fused-ring (bicyclic) bond motifs is 7. The SMILES string of the molecule is CC1(C)c2ccccc2Oc2c([Si](c3ccccc3)(c3ccccc3)c3cccc(-n4c5ccccc5n5c6ccccc6nc45)c3)cccc2[Si]1(C)C. The van der Waals surface area contributed by atoms with Gasteiger partial charge in [-0.2, -0.15) is 0 Å². The molecule has 0 radical (unpaired) electrons. The largest absolute Gasteiger partial charge is 0.457 e. The van der Waals surface area contributed by atoms with Gasteiger partial charge in [-0.25, -0.2) is 4.98 Å². The first-order valence-corrected chi connectivity index (χ1v) is 23.8. The fourth-order valence-corrected chi connectivity index (χ4v) is 17.0. The molecule has 10 rings (SSSR count). The van der Waals surface area contributed by atoms with Crippen molar-refractivity contribution in [2.45, 2.75) is 32.0 Å². The van der Waals surface area contributed by atoms with Crippen LogP contribution in [0.25, 0.3) is 33.5 Å². The molecule has 0 fully saturated rings. The number of hydrogen-bond acceptors (Lipinski definition) is 2. The summed E-state index contributed by atoms with van der Waals surface area (Å²) < 4.78 is 12.0. The average molecular weight is 732 g/mol. The molecule has 54 heavy (non-hydrogen) atoms. The van der Waals surface area contributed by atoms with E-state index in [1.807, 2.05) is 0 Å². The normalized spacial score (nSPS) is 14.7. The molecule has 1 aliphatic heterocycles. The summed E-state index contributed by atoms with van der Waals surface area (Å²) in [6.07, 6.45) is 0. The number of nitrogens with zero attached hydrogens (tertiary/aromatic N) is 3. The smallest absolute Gasteiger partial charge is 0.220 e. The molecule has 2 aromatic heterocycles. The molecule has 0 N–H and O–H groups in total. The first-order chi connectivity index (χ1) is 26.3. The van der Waals surface area contributed by atoms with Gasteiger partial charge >= 0.3 is 0 Å². The molecule has 3 heterocycles. The lowest BCUT2D eigenvalue weighted by Gasteiger charge is -2.40. The Labute approximate surface area is 318 Å². The number of hydrogen-bond donors (Lipinski definition) is 0.